The fraction of sp³-hybridized carbons (Fsp3) is 1.00. The Balaban J connectivity index is 3.36. The highest BCUT2D eigenvalue weighted by Crippen LogP contribution is 1.87. The summed E-state index contributed by atoms with van der Waals surface area (Å²) in [6, 6.07) is -1.42. The van der Waals surface area contributed by atoms with Gasteiger partial charge in [0.2, 0.25) is 0 Å². The van der Waals surface area contributed by atoms with Gasteiger partial charge in [-0.1, -0.05) is 0 Å². The van der Waals surface area contributed by atoms with Crippen LogP contribution in [0.15, 0.2) is 0 Å². The van der Waals surface area contributed by atoms with Crippen LogP contribution < -0.4 is 11.5 Å². The largest absolute Gasteiger partial charge is 0.328 e. The van der Waals surface area contributed by atoms with Crippen molar-refractivity contribution < 1.29 is 9.47 Å². The van der Waals surface area contributed by atoms with E-state index in [9.17, 15) is 0 Å². The van der Waals surface area contributed by atoms with Crippen molar-refractivity contribution in [1.82, 2.24) is 0 Å². The van der Waals surface area contributed by atoms with Crippen LogP contribution in [0.2, 0.25) is 0 Å². The van der Waals surface area contributed by atoms with Gasteiger partial charge in [0.25, 0.3) is 6.03 Å². The summed E-state index contributed by atoms with van der Waals surface area (Å²) in [4.78, 5) is 0. The lowest BCUT2D eigenvalue weighted by atomic mass is 10.9. The van der Waals surface area contributed by atoms with Crippen molar-refractivity contribution in [2.24, 2.45) is 11.5 Å². The van der Waals surface area contributed by atoms with Crippen molar-refractivity contribution in [3.05, 3.63) is 0 Å². The summed E-state index contributed by atoms with van der Waals surface area (Å²) in [6.45, 7) is 0. The molecule has 0 aliphatic rings. The molecule has 0 aromatic rings. The molecule has 0 rings (SSSR count). The van der Waals surface area contributed by atoms with E-state index in [2.05, 4.69) is 9.47 Å². The predicted molar refractivity (Wildman–Crippen MR) is 25.1 cm³/mol. The van der Waals surface area contributed by atoms with E-state index < -0.39 is 6.03 Å². The van der Waals surface area contributed by atoms with Gasteiger partial charge in [0.1, 0.15) is 0 Å². The first-order chi connectivity index (χ1) is 3.12. The molecule has 0 saturated heterocycles. The molecule has 0 aliphatic heterocycles. The fourth-order valence-electron chi connectivity index (χ4n) is 0.0833. The van der Waals surface area contributed by atoms with Gasteiger partial charge >= 0.3 is 0 Å². The van der Waals surface area contributed by atoms with Crippen LogP contribution in [0.1, 0.15) is 0 Å². The summed E-state index contributed by atoms with van der Waals surface area (Å²) in [5, 5.41) is 0. The average molecular weight is 106 g/mol. The Morgan fingerprint density at radius 3 is 1.43 bits per heavy atom. The van der Waals surface area contributed by atoms with E-state index >= 15 is 0 Å². The van der Waals surface area contributed by atoms with Gasteiger partial charge in [0.05, 0.1) is 0 Å². The molecule has 7 heavy (non-hydrogen) atoms. The molecule has 0 radical (unpaired) electrons. The molecule has 0 amide bonds. The standard InChI is InChI=1S/C3H10N2O2/c1-6-3(4,5)7-2/h4-5H2,1-2H3. The molecule has 4 nitrogen and oxygen atoms in total. The summed E-state index contributed by atoms with van der Waals surface area (Å²) in [7, 11) is 2.73. The maximum absolute atomic E-state index is 5.05. The van der Waals surface area contributed by atoms with Gasteiger partial charge in [-0.2, -0.15) is 0 Å². The molecule has 0 aliphatic carbocycles. The molecule has 0 fully saturated rings. The molecule has 0 heterocycles. The van der Waals surface area contributed by atoms with Crippen LogP contribution in [-0.4, -0.2) is 20.3 Å². The third-order valence-electron chi connectivity index (χ3n) is 0.638. The van der Waals surface area contributed by atoms with Gasteiger partial charge in [-0.05, 0) is 0 Å². The zero-order chi connectivity index (χ0) is 5.91. The lowest BCUT2D eigenvalue weighted by molar-refractivity contribution is -0.197. The highest BCUT2D eigenvalue weighted by Gasteiger charge is 2.13. The molecule has 0 aromatic carbocycles. The first-order valence-electron chi connectivity index (χ1n) is 1.80. The Morgan fingerprint density at radius 1 is 1.14 bits per heavy atom. The Bertz CT molecular complexity index is 48.9. The van der Waals surface area contributed by atoms with Crippen molar-refractivity contribution in [1.29, 1.82) is 0 Å². The average Bonchev–Trinajstić information content (AvgIpc) is 1.68. The van der Waals surface area contributed by atoms with Gasteiger partial charge < -0.3 is 9.47 Å². The minimum atomic E-state index is -1.42. The van der Waals surface area contributed by atoms with Crippen molar-refractivity contribution in [3.8, 4) is 0 Å². The molecule has 0 aromatic heterocycles. The molecular formula is C3H10N2O2. The van der Waals surface area contributed by atoms with E-state index in [1.54, 1.807) is 0 Å². The minimum absolute atomic E-state index is 1.36. The molecule has 4 N–H and O–H groups in total. The van der Waals surface area contributed by atoms with Crippen molar-refractivity contribution in [2.45, 2.75) is 6.03 Å². The van der Waals surface area contributed by atoms with E-state index in [0.717, 1.165) is 0 Å². The van der Waals surface area contributed by atoms with Crippen LogP contribution in [0.3, 0.4) is 0 Å². The number of methoxy groups -OCH3 is 2. The van der Waals surface area contributed by atoms with E-state index in [-0.39, 0.29) is 0 Å². The van der Waals surface area contributed by atoms with Crippen molar-refractivity contribution in [3.63, 3.8) is 0 Å². The highest BCUT2D eigenvalue weighted by atomic mass is 16.7. The third-order valence-corrected chi connectivity index (χ3v) is 0.638. The van der Waals surface area contributed by atoms with Crippen LogP contribution in [0.5, 0.6) is 0 Å². The Kier molecular flexibility index (Phi) is 2.17. The fourth-order valence-corrected chi connectivity index (χ4v) is 0.0833. The molecule has 0 spiro atoms. The summed E-state index contributed by atoms with van der Waals surface area (Å²) in [6.07, 6.45) is 0. The van der Waals surface area contributed by atoms with E-state index in [0.29, 0.717) is 0 Å². The minimum Gasteiger partial charge on any atom is -0.328 e. The highest BCUT2D eigenvalue weighted by molar-refractivity contribution is 4.41. The van der Waals surface area contributed by atoms with Crippen molar-refractivity contribution >= 4 is 0 Å². The molecule has 44 valence electrons. The summed E-state index contributed by atoms with van der Waals surface area (Å²) in [5.41, 5.74) is 10.1. The molecular weight excluding hydrogens is 96.0 g/mol. The van der Waals surface area contributed by atoms with E-state index in [1.165, 1.54) is 14.2 Å². The number of hydrogen-bond donors (Lipinski definition) is 2. The maximum atomic E-state index is 5.05. The van der Waals surface area contributed by atoms with Gasteiger partial charge in [0.15, 0.2) is 0 Å². The second-order valence-electron chi connectivity index (χ2n) is 1.13. The van der Waals surface area contributed by atoms with Crippen LogP contribution in [0, 0.1) is 0 Å². The quantitative estimate of drug-likeness (QED) is 0.434. The first kappa shape index (κ1) is 6.84. The zero-order valence-electron chi connectivity index (χ0n) is 4.47. The van der Waals surface area contributed by atoms with Crippen LogP contribution in [-0.2, 0) is 9.47 Å². The second-order valence-corrected chi connectivity index (χ2v) is 1.13. The SMILES string of the molecule is COC(N)(N)OC. The van der Waals surface area contributed by atoms with Gasteiger partial charge in [-0.25, -0.2) is 0 Å². The van der Waals surface area contributed by atoms with E-state index in [4.69, 9.17) is 11.5 Å². The maximum Gasteiger partial charge on any atom is 0.286 e. The Labute approximate surface area is 42.4 Å². The molecule has 4 heteroatoms. The van der Waals surface area contributed by atoms with E-state index in [1.807, 2.05) is 0 Å². The summed E-state index contributed by atoms with van der Waals surface area (Å²) in [5.74, 6) is 0. The lowest BCUT2D eigenvalue weighted by Gasteiger charge is -2.18. The topological polar surface area (TPSA) is 70.5 Å². The Morgan fingerprint density at radius 2 is 1.43 bits per heavy atom. The second kappa shape index (κ2) is 2.23. The molecule has 0 unspecified atom stereocenters. The normalized spacial score (nSPS) is 12.0. The number of hydrogen-bond acceptors (Lipinski definition) is 4. The first-order valence-corrected chi connectivity index (χ1v) is 1.80. The van der Waals surface area contributed by atoms with Crippen LogP contribution in [0.4, 0.5) is 0 Å². The predicted octanol–water partition coefficient (Wildman–Crippen LogP) is -1.19. The summed E-state index contributed by atoms with van der Waals surface area (Å²) >= 11 is 0. The number of nitrogens with two attached hydrogens (primary N) is 2. The monoisotopic (exact) mass is 106 g/mol. The van der Waals surface area contributed by atoms with Crippen LogP contribution in [0.25, 0.3) is 0 Å². The van der Waals surface area contributed by atoms with Crippen molar-refractivity contribution in [2.75, 3.05) is 14.2 Å². The number of rotatable bonds is 2. The number of ether oxygens (including phenoxy) is 2. The van der Waals surface area contributed by atoms with Crippen LogP contribution >= 0.6 is 0 Å². The molecule has 0 saturated carbocycles. The molecule has 0 atom stereocenters. The lowest BCUT2D eigenvalue weighted by Crippen LogP contribution is -2.52. The zero-order valence-corrected chi connectivity index (χ0v) is 4.47. The molecule has 0 bridgehead atoms. The smallest absolute Gasteiger partial charge is 0.286 e. The Hall–Kier alpha value is -0.160. The van der Waals surface area contributed by atoms with Gasteiger partial charge in [-0.15, -0.1) is 0 Å². The third kappa shape index (κ3) is 2.52. The van der Waals surface area contributed by atoms with Gasteiger partial charge in [0, 0.05) is 14.2 Å². The van der Waals surface area contributed by atoms with Gasteiger partial charge in [-0.3, -0.25) is 11.5 Å². The summed E-state index contributed by atoms with van der Waals surface area (Å²) < 4.78 is 8.84.